The first-order chi connectivity index (χ1) is 14.0. The number of halogens is 1. The second-order valence-electron chi connectivity index (χ2n) is 7.53. The van der Waals surface area contributed by atoms with Crippen LogP contribution >= 0.6 is 24.0 Å². The van der Waals surface area contributed by atoms with Crippen LogP contribution in [-0.4, -0.2) is 35.0 Å². The highest BCUT2D eigenvalue weighted by atomic mass is 127. The van der Waals surface area contributed by atoms with Gasteiger partial charge in [0.05, 0.1) is 11.8 Å². The first-order valence-electron chi connectivity index (χ1n) is 10.1. The van der Waals surface area contributed by atoms with Gasteiger partial charge in [-0.15, -0.1) is 24.0 Å². The number of nitrogens with one attached hydrogen (secondary N) is 2. The molecule has 0 spiro atoms. The van der Waals surface area contributed by atoms with Crippen LogP contribution in [0.2, 0.25) is 0 Å². The average Bonchev–Trinajstić information content (AvgIpc) is 3.09. The second-order valence-corrected chi connectivity index (χ2v) is 7.53. The Bertz CT molecular complexity index is 996. The van der Waals surface area contributed by atoms with Gasteiger partial charge in [0, 0.05) is 44.5 Å². The number of fused-ring (bicyclic) bond motifs is 1. The Morgan fingerprint density at radius 3 is 2.70 bits per heavy atom. The normalized spacial score (nSPS) is 11.5. The number of aromatic nitrogens is 2. The number of imidazole rings is 1. The maximum Gasteiger partial charge on any atom is 0.191 e. The third-order valence-electron chi connectivity index (χ3n) is 4.66. The van der Waals surface area contributed by atoms with Gasteiger partial charge in [0.1, 0.15) is 11.4 Å². The molecule has 0 radical (unpaired) electrons. The molecule has 6 nitrogen and oxygen atoms in total. The Morgan fingerprint density at radius 1 is 1.20 bits per heavy atom. The Labute approximate surface area is 196 Å². The molecule has 162 valence electrons. The monoisotopic (exact) mass is 521 g/mol. The zero-order chi connectivity index (χ0) is 20.8. The summed E-state index contributed by atoms with van der Waals surface area (Å²) in [5.41, 5.74) is 5.56. The fourth-order valence-electron chi connectivity index (χ4n) is 3.20. The smallest absolute Gasteiger partial charge is 0.191 e. The lowest BCUT2D eigenvalue weighted by molar-refractivity contribution is 0.239. The second kappa shape index (κ2) is 11.2. The average molecular weight is 521 g/mol. The van der Waals surface area contributed by atoms with Crippen molar-refractivity contribution in [3.05, 3.63) is 65.1 Å². The zero-order valence-electron chi connectivity index (χ0n) is 18.4. The van der Waals surface area contributed by atoms with Crippen LogP contribution in [0.4, 0.5) is 0 Å². The molecule has 30 heavy (non-hydrogen) atoms. The van der Waals surface area contributed by atoms with Crippen molar-refractivity contribution < 1.29 is 4.74 Å². The number of aliphatic imine (C=N–C) groups is 1. The van der Waals surface area contributed by atoms with Crippen molar-refractivity contribution >= 4 is 35.6 Å². The molecule has 0 saturated heterocycles. The maximum absolute atomic E-state index is 5.96. The lowest BCUT2D eigenvalue weighted by Gasteiger charge is -2.17. The van der Waals surface area contributed by atoms with Crippen molar-refractivity contribution in [1.82, 2.24) is 20.0 Å². The van der Waals surface area contributed by atoms with Crippen LogP contribution < -0.4 is 15.4 Å². The molecule has 0 fully saturated rings. The van der Waals surface area contributed by atoms with E-state index < -0.39 is 0 Å². The van der Waals surface area contributed by atoms with Gasteiger partial charge in [-0.1, -0.05) is 18.2 Å². The molecule has 0 aliphatic heterocycles. The number of nitrogens with zero attached hydrogens (tertiary/aromatic N) is 3. The fourth-order valence-corrected chi connectivity index (χ4v) is 3.20. The van der Waals surface area contributed by atoms with Crippen LogP contribution in [0.15, 0.2) is 47.7 Å². The Morgan fingerprint density at radius 2 is 2.00 bits per heavy atom. The predicted octanol–water partition coefficient (Wildman–Crippen LogP) is 4.26. The van der Waals surface area contributed by atoms with Crippen LogP contribution in [0.3, 0.4) is 0 Å². The van der Waals surface area contributed by atoms with E-state index in [0.717, 1.165) is 41.6 Å². The first kappa shape index (κ1) is 24.0. The highest BCUT2D eigenvalue weighted by molar-refractivity contribution is 14.0. The Hall–Kier alpha value is -2.29. The van der Waals surface area contributed by atoms with Crippen molar-refractivity contribution in [2.75, 3.05) is 13.6 Å². The largest absolute Gasteiger partial charge is 0.491 e. The van der Waals surface area contributed by atoms with E-state index in [1.165, 1.54) is 11.1 Å². The maximum atomic E-state index is 5.96. The van der Waals surface area contributed by atoms with Crippen LogP contribution in [0.25, 0.3) is 5.65 Å². The van der Waals surface area contributed by atoms with Crippen molar-refractivity contribution in [2.45, 2.75) is 46.8 Å². The molecule has 0 atom stereocenters. The van der Waals surface area contributed by atoms with Gasteiger partial charge in [-0.05, 0) is 51.0 Å². The van der Waals surface area contributed by atoms with Crippen molar-refractivity contribution in [2.24, 2.45) is 4.99 Å². The van der Waals surface area contributed by atoms with Gasteiger partial charge in [0.2, 0.25) is 0 Å². The van der Waals surface area contributed by atoms with Crippen LogP contribution in [0.5, 0.6) is 5.75 Å². The number of hydrogen-bond donors (Lipinski definition) is 2. The molecule has 7 heteroatoms. The van der Waals surface area contributed by atoms with Gasteiger partial charge in [0.15, 0.2) is 5.96 Å². The van der Waals surface area contributed by atoms with Crippen molar-refractivity contribution in [3.63, 3.8) is 0 Å². The number of ether oxygens (including phenoxy) is 1. The lowest BCUT2D eigenvalue weighted by atomic mass is 10.1. The lowest BCUT2D eigenvalue weighted by Crippen LogP contribution is -2.38. The van der Waals surface area contributed by atoms with E-state index in [-0.39, 0.29) is 30.1 Å². The zero-order valence-corrected chi connectivity index (χ0v) is 20.7. The third kappa shape index (κ3) is 6.35. The van der Waals surface area contributed by atoms with Crippen LogP contribution in [0.1, 0.15) is 36.2 Å². The standard InChI is InChI=1S/C23H31N5O.HI/c1-16(2)29-21-13-17(3)8-9-19(21)14-26-23(24-5)25-11-10-20-15-28-12-6-7-18(4)22(28)27-20;/h6-9,12-13,15-16H,10-11,14H2,1-5H3,(H2,24,25,26);1H. The number of hydrogen-bond acceptors (Lipinski definition) is 3. The molecule has 2 aromatic heterocycles. The molecular formula is C23H32IN5O. The summed E-state index contributed by atoms with van der Waals surface area (Å²) in [5.74, 6) is 1.68. The molecule has 0 aliphatic rings. The van der Waals surface area contributed by atoms with Gasteiger partial charge in [-0.3, -0.25) is 4.99 Å². The van der Waals surface area contributed by atoms with E-state index in [9.17, 15) is 0 Å². The fraction of sp³-hybridized carbons (Fsp3) is 0.391. The van der Waals surface area contributed by atoms with Crippen LogP contribution in [-0.2, 0) is 13.0 Å². The summed E-state index contributed by atoms with van der Waals surface area (Å²) >= 11 is 0. The molecule has 0 saturated carbocycles. The predicted molar refractivity (Wildman–Crippen MR) is 134 cm³/mol. The van der Waals surface area contributed by atoms with Crippen molar-refractivity contribution in [1.29, 1.82) is 0 Å². The van der Waals surface area contributed by atoms with E-state index >= 15 is 0 Å². The number of aryl methyl sites for hydroxylation is 2. The highest BCUT2D eigenvalue weighted by Gasteiger charge is 2.08. The minimum atomic E-state index is 0. The summed E-state index contributed by atoms with van der Waals surface area (Å²) < 4.78 is 8.03. The van der Waals surface area contributed by atoms with Crippen LogP contribution in [0, 0.1) is 13.8 Å². The quantitative estimate of drug-likeness (QED) is 0.277. The summed E-state index contributed by atoms with van der Waals surface area (Å²) in [6.07, 6.45) is 5.09. The summed E-state index contributed by atoms with van der Waals surface area (Å²) in [4.78, 5) is 9.05. The third-order valence-corrected chi connectivity index (χ3v) is 4.66. The summed E-state index contributed by atoms with van der Waals surface area (Å²) in [7, 11) is 1.78. The summed E-state index contributed by atoms with van der Waals surface area (Å²) in [6.45, 7) is 9.65. The molecule has 0 unspecified atom stereocenters. The summed E-state index contributed by atoms with van der Waals surface area (Å²) in [5, 5.41) is 6.74. The van der Waals surface area contributed by atoms with Gasteiger partial charge in [-0.25, -0.2) is 4.98 Å². The van der Waals surface area contributed by atoms with Gasteiger partial charge in [-0.2, -0.15) is 0 Å². The van der Waals surface area contributed by atoms with E-state index in [2.05, 4.69) is 64.3 Å². The van der Waals surface area contributed by atoms with Crippen molar-refractivity contribution in [3.8, 4) is 5.75 Å². The van der Waals surface area contributed by atoms with Gasteiger partial charge >= 0.3 is 0 Å². The topological polar surface area (TPSA) is 63.0 Å². The number of guanidine groups is 1. The number of benzene rings is 1. The summed E-state index contributed by atoms with van der Waals surface area (Å²) in [6, 6.07) is 10.4. The molecule has 1 aromatic carbocycles. The molecule has 3 rings (SSSR count). The Kier molecular flexibility index (Phi) is 8.95. The molecule has 0 bridgehead atoms. The SMILES string of the molecule is CN=C(NCCc1cn2cccc(C)c2n1)NCc1ccc(C)cc1OC(C)C.I. The van der Waals surface area contributed by atoms with Gasteiger partial charge in [0.25, 0.3) is 0 Å². The van der Waals surface area contributed by atoms with E-state index in [4.69, 9.17) is 9.72 Å². The molecule has 3 aromatic rings. The number of rotatable bonds is 7. The van der Waals surface area contributed by atoms with Gasteiger partial charge < -0.3 is 19.8 Å². The highest BCUT2D eigenvalue weighted by Crippen LogP contribution is 2.21. The molecular weight excluding hydrogens is 489 g/mol. The van der Waals surface area contributed by atoms with E-state index in [1.807, 2.05) is 26.1 Å². The Balaban J connectivity index is 0.00000320. The molecule has 0 amide bonds. The van der Waals surface area contributed by atoms with E-state index in [0.29, 0.717) is 6.54 Å². The molecule has 2 N–H and O–H groups in total. The molecule has 0 aliphatic carbocycles. The number of pyridine rings is 1. The molecule has 2 heterocycles. The minimum Gasteiger partial charge on any atom is -0.491 e. The first-order valence-corrected chi connectivity index (χ1v) is 10.1. The minimum absolute atomic E-state index is 0. The van der Waals surface area contributed by atoms with E-state index in [1.54, 1.807) is 7.05 Å².